The lowest BCUT2D eigenvalue weighted by molar-refractivity contribution is 0.0697. The Kier molecular flexibility index (Phi) is 5.19. The Labute approximate surface area is 147 Å². The van der Waals surface area contributed by atoms with Gasteiger partial charge in [-0.15, -0.1) is 0 Å². The Morgan fingerprint density at radius 2 is 2.16 bits per heavy atom. The third kappa shape index (κ3) is 4.09. The van der Waals surface area contributed by atoms with Crippen molar-refractivity contribution >= 4 is 17.9 Å². The van der Waals surface area contributed by atoms with E-state index in [1.165, 1.54) is 11.4 Å². The third-order valence-electron chi connectivity index (χ3n) is 4.55. The van der Waals surface area contributed by atoms with Gasteiger partial charge in [0.2, 0.25) is 0 Å². The summed E-state index contributed by atoms with van der Waals surface area (Å²) in [6, 6.07) is 8.60. The molecule has 1 atom stereocenters. The molecule has 1 saturated heterocycles. The largest absolute Gasteiger partial charge is 0.478 e. The topological polar surface area (TPSA) is 75.9 Å². The summed E-state index contributed by atoms with van der Waals surface area (Å²) in [7, 11) is 0. The number of aryl methyl sites for hydroxylation is 1. The molecule has 2 N–H and O–H groups in total. The highest BCUT2D eigenvalue weighted by molar-refractivity contribution is 5.88. The van der Waals surface area contributed by atoms with E-state index in [1.807, 2.05) is 0 Å². The molecule has 0 saturated carbocycles. The van der Waals surface area contributed by atoms with Crippen molar-refractivity contribution in [1.29, 1.82) is 0 Å². The third-order valence-corrected chi connectivity index (χ3v) is 4.55. The SMILES string of the molecule is Cc1cc(/C=N\Nc2ccc(C(=O)O)cc2)c(C)n1C[C@H]1CCCO1. The Bertz CT molecular complexity index is 772. The molecule has 1 aromatic carbocycles. The van der Waals surface area contributed by atoms with Crippen molar-refractivity contribution in [3.63, 3.8) is 0 Å². The fourth-order valence-electron chi connectivity index (χ4n) is 3.10. The van der Waals surface area contributed by atoms with Crippen LogP contribution in [0.3, 0.4) is 0 Å². The number of carboxylic acid groups (broad SMARTS) is 1. The summed E-state index contributed by atoms with van der Waals surface area (Å²) < 4.78 is 8.01. The number of hydrazone groups is 1. The molecule has 1 aliphatic heterocycles. The normalized spacial score (nSPS) is 17.3. The minimum absolute atomic E-state index is 0.257. The van der Waals surface area contributed by atoms with Gasteiger partial charge in [-0.3, -0.25) is 5.43 Å². The van der Waals surface area contributed by atoms with Crippen LogP contribution in [0.4, 0.5) is 5.69 Å². The first-order chi connectivity index (χ1) is 12.0. The van der Waals surface area contributed by atoms with Crippen LogP contribution >= 0.6 is 0 Å². The molecule has 2 heterocycles. The number of anilines is 1. The molecular weight excluding hydrogens is 318 g/mol. The Morgan fingerprint density at radius 1 is 1.40 bits per heavy atom. The van der Waals surface area contributed by atoms with Crippen LogP contribution in [0.5, 0.6) is 0 Å². The summed E-state index contributed by atoms with van der Waals surface area (Å²) in [6.45, 7) is 5.93. The molecule has 1 aliphatic rings. The van der Waals surface area contributed by atoms with E-state index in [0.717, 1.165) is 37.2 Å². The van der Waals surface area contributed by atoms with E-state index >= 15 is 0 Å². The van der Waals surface area contributed by atoms with E-state index in [9.17, 15) is 4.79 Å². The first-order valence-corrected chi connectivity index (χ1v) is 8.45. The molecule has 0 unspecified atom stereocenters. The number of carboxylic acids is 1. The molecule has 0 aliphatic carbocycles. The maximum absolute atomic E-state index is 10.8. The number of carbonyl (C=O) groups is 1. The number of nitrogens with zero attached hydrogens (tertiary/aromatic N) is 2. The van der Waals surface area contributed by atoms with Crippen molar-refractivity contribution in [1.82, 2.24) is 4.57 Å². The molecule has 25 heavy (non-hydrogen) atoms. The summed E-state index contributed by atoms with van der Waals surface area (Å²) in [5.74, 6) is -0.936. The zero-order valence-corrected chi connectivity index (χ0v) is 14.5. The highest BCUT2D eigenvalue weighted by atomic mass is 16.5. The van der Waals surface area contributed by atoms with Gasteiger partial charge < -0.3 is 14.4 Å². The van der Waals surface area contributed by atoms with Gasteiger partial charge in [-0.1, -0.05) is 0 Å². The predicted molar refractivity (Wildman–Crippen MR) is 97.5 cm³/mol. The molecule has 0 bridgehead atoms. The molecule has 0 radical (unpaired) electrons. The van der Waals surface area contributed by atoms with Crippen LogP contribution in [0.1, 0.15) is 40.2 Å². The second-order valence-electron chi connectivity index (χ2n) is 6.32. The van der Waals surface area contributed by atoms with Crippen LogP contribution in [-0.4, -0.2) is 34.6 Å². The summed E-state index contributed by atoms with van der Waals surface area (Å²) in [5.41, 5.74) is 7.35. The Balaban J connectivity index is 1.65. The van der Waals surface area contributed by atoms with E-state index in [1.54, 1.807) is 30.5 Å². The fourth-order valence-corrected chi connectivity index (χ4v) is 3.10. The van der Waals surface area contributed by atoms with Gasteiger partial charge in [0.1, 0.15) is 0 Å². The zero-order valence-electron chi connectivity index (χ0n) is 14.5. The van der Waals surface area contributed by atoms with E-state index in [0.29, 0.717) is 6.10 Å². The molecular formula is C19H23N3O3. The molecule has 0 spiro atoms. The van der Waals surface area contributed by atoms with Crippen LogP contribution < -0.4 is 5.43 Å². The summed E-state index contributed by atoms with van der Waals surface area (Å²) in [6.07, 6.45) is 4.36. The van der Waals surface area contributed by atoms with Crippen LogP contribution in [0, 0.1) is 13.8 Å². The van der Waals surface area contributed by atoms with Gasteiger partial charge in [0.05, 0.1) is 23.6 Å². The van der Waals surface area contributed by atoms with Crippen LogP contribution in [0.2, 0.25) is 0 Å². The average molecular weight is 341 g/mol. The van der Waals surface area contributed by atoms with Gasteiger partial charge in [0, 0.05) is 30.1 Å². The molecule has 1 aromatic heterocycles. The van der Waals surface area contributed by atoms with Gasteiger partial charge in [-0.05, 0) is 57.0 Å². The van der Waals surface area contributed by atoms with E-state index in [-0.39, 0.29) is 5.56 Å². The van der Waals surface area contributed by atoms with Crippen LogP contribution in [0.25, 0.3) is 0 Å². The van der Waals surface area contributed by atoms with Crippen molar-refractivity contribution in [3.05, 3.63) is 52.8 Å². The first-order valence-electron chi connectivity index (χ1n) is 8.45. The molecule has 2 aromatic rings. The standard InChI is InChI=1S/C19H23N3O3/c1-13-10-16(14(2)22(13)12-18-4-3-9-25-18)11-20-21-17-7-5-15(6-8-17)19(23)24/h5-8,10-11,18,21H,3-4,9,12H2,1-2H3,(H,23,24)/b20-11-/t18-/m1/s1. The van der Waals surface area contributed by atoms with Gasteiger partial charge in [-0.2, -0.15) is 5.10 Å². The van der Waals surface area contributed by atoms with Gasteiger partial charge in [0.15, 0.2) is 0 Å². The summed E-state index contributed by atoms with van der Waals surface area (Å²) in [5, 5.41) is 13.2. The van der Waals surface area contributed by atoms with Crippen molar-refractivity contribution in [2.24, 2.45) is 5.10 Å². The van der Waals surface area contributed by atoms with E-state index < -0.39 is 5.97 Å². The highest BCUT2D eigenvalue weighted by Crippen LogP contribution is 2.19. The van der Waals surface area contributed by atoms with Crippen molar-refractivity contribution in [3.8, 4) is 0 Å². The number of benzene rings is 1. The van der Waals surface area contributed by atoms with Gasteiger partial charge in [0.25, 0.3) is 0 Å². The second kappa shape index (κ2) is 7.53. The van der Waals surface area contributed by atoms with Crippen molar-refractivity contribution in [2.75, 3.05) is 12.0 Å². The first kappa shape index (κ1) is 17.2. The minimum Gasteiger partial charge on any atom is -0.478 e. The quantitative estimate of drug-likeness (QED) is 0.623. The van der Waals surface area contributed by atoms with E-state index in [4.69, 9.17) is 9.84 Å². The lowest BCUT2D eigenvalue weighted by atomic mass is 10.2. The minimum atomic E-state index is -0.936. The maximum Gasteiger partial charge on any atom is 0.335 e. The zero-order chi connectivity index (χ0) is 17.8. The van der Waals surface area contributed by atoms with Crippen LogP contribution in [-0.2, 0) is 11.3 Å². The summed E-state index contributed by atoms with van der Waals surface area (Å²) in [4.78, 5) is 10.8. The number of hydrogen-bond donors (Lipinski definition) is 2. The summed E-state index contributed by atoms with van der Waals surface area (Å²) >= 11 is 0. The van der Waals surface area contributed by atoms with Crippen molar-refractivity contribution in [2.45, 2.75) is 39.3 Å². The monoisotopic (exact) mass is 341 g/mol. The Hall–Kier alpha value is -2.60. The highest BCUT2D eigenvalue weighted by Gasteiger charge is 2.18. The number of ether oxygens (including phenoxy) is 1. The fraction of sp³-hybridized carbons (Fsp3) is 0.368. The molecule has 0 amide bonds. The Morgan fingerprint density at radius 3 is 2.80 bits per heavy atom. The molecule has 1 fully saturated rings. The molecule has 6 heteroatoms. The van der Waals surface area contributed by atoms with Gasteiger partial charge in [-0.25, -0.2) is 4.79 Å². The second-order valence-corrected chi connectivity index (χ2v) is 6.32. The number of rotatable bonds is 6. The van der Waals surface area contributed by atoms with Gasteiger partial charge >= 0.3 is 5.97 Å². The lowest BCUT2D eigenvalue weighted by Gasteiger charge is -2.14. The average Bonchev–Trinajstić information content (AvgIpc) is 3.20. The number of aromatic carboxylic acids is 1. The van der Waals surface area contributed by atoms with Crippen LogP contribution in [0.15, 0.2) is 35.4 Å². The van der Waals surface area contributed by atoms with E-state index in [2.05, 4.69) is 35.0 Å². The maximum atomic E-state index is 10.8. The molecule has 132 valence electrons. The number of hydrogen-bond acceptors (Lipinski definition) is 4. The molecule has 3 rings (SSSR count). The lowest BCUT2D eigenvalue weighted by Crippen LogP contribution is -2.16. The smallest absolute Gasteiger partial charge is 0.335 e. The van der Waals surface area contributed by atoms with Crippen molar-refractivity contribution < 1.29 is 14.6 Å². The predicted octanol–water partition coefficient (Wildman–Crippen LogP) is 3.43. The number of aromatic nitrogens is 1. The number of nitrogens with one attached hydrogen (secondary N) is 1. The molecule has 6 nitrogen and oxygen atoms in total.